The van der Waals surface area contributed by atoms with E-state index >= 15 is 0 Å². The second-order valence-electron chi connectivity index (χ2n) is 6.29. The minimum Gasteiger partial charge on any atom is -0.481 e. The molecular weight excluding hydrogens is 344 g/mol. The molecule has 7 nitrogen and oxygen atoms in total. The van der Waals surface area contributed by atoms with Gasteiger partial charge in [-0.05, 0) is 18.1 Å². The largest absolute Gasteiger partial charge is 0.481 e. The number of hydrogen-bond donors (Lipinski definition) is 1. The Morgan fingerprint density at radius 1 is 1.19 bits per heavy atom. The lowest BCUT2D eigenvalue weighted by Crippen LogP contribution is -2.21. The fraction of sp³-hybridized carbons (Fsp3) is 0.200. The molecule has 3 aromatic heterocycles. The number of carboxylic acids is 1. The maximum Gasteiger partial charge on any atom is 0.305 e. The highest BCUT2D eigenvalue weighted by Gasteiger charge is 2.17. The molecule has 0 aliphatic carbocycles. The van der Waals surface area contributed by atoms with Gasteiger partial charge in [0, 0.05) is 24.5 Å². The highest BCUT2D eigenvalue weighted by Crippen LogP contribution is 2.29. The van der Waals surface area contributed by atoms with Gasteiger partial charge < -0.3 is 9.67 Å². The van der Waals surface area contributed by atoms with E-state index in [1.54, 1.807) is 23.0 Å². The first-order valence-electron chi connectivity index (χ1n) is 8.77. The Kier molecular flexibility index (Phi) is 4.19. The fourth-order valence-electron chi connectivity index (χ4n) is 3.29. The van der Waals surface area contributed by atoms with E-state index in [1.165, 1.54) is 4.57 Å². The summed E-state index contributed by atoms with van der Waals surface area (Å²) < 4.78 is 3.10. The van der Waals surface area contributed by atoms with Gasteiger partial charge in [-0.2, -0.15) is 5.10 Å². The third kappa shape index (κ3) is 2.87. The Bertz CT molecular complexity index is 1210. The number of hydrogen-bond acceptors (Lipinski definition) is 4. The Morgan fingerprint density at radius 3 is 2.67 bits per heavy atom. The van der Waals surface area contributed by atoms with Gasteiger partial charge in [-0.1, -0.05) is 37.3 Å². The van der Waals surface area contributed by atoms with Crippen molar-refractivity contribution in [3.05, 3.63) is 64.8 Å². The molecule has 1 N–H and O–H groups in total. The van der Waals surface area contributed by atoms with Crippen molar-refractivity contribution in [1.29, 1.82) is 0 Å². The summed E-state index contributed by atoms with van der Waals surface area (Å²) in [5, 5.41) is 14.0. The van der Waals surface area contributed by atoms with Gasteiger partial charge in [-0.3, -0.25) is 9.59 Å². The van der Waals surface area contributed by atoms with Crippen LogP contribution in [0.1, 0.15) is 19.0 Å². The first-order valence-corrected chi connectivity index (χ1v) is 8.77. The van der Waals surface area contributed by atoms with Gasteiger partial charge in [-0.15, -0.1) is 0 Å². The average molecular weight is 362 g/mol. The summed E-state index contributed by atoms with van der Waals surface area (Å²) >= 11 is 0. The number of nitrogens with zero attached hydrogens (tertiary/aromatic N) is 4. The number of carbonyl (C=O) groups is 1. The highest BCUT2D eigenvalue weighted by molar-refractivity contribution is 5.86. The van der Waals surface area contributed by atoms with Crippen LogP contribution in [-0.2, 0) is 17.8 Å². The van der Waals surface area contributed by atoms with Crippen molar-refractivity contribution >= 4 is 22.5 Å². The molecule has 136 valence electrons. The molecule has 0 atom stereocenters. The molecule has 4 aromatic rings. The molecule has 0 spiro atoms. The number of aliphatic carboxylic acids is 1. The molecule has 0 fully saturated rings. The number of carboxylic acid groups (broad SMARTS) is 1. The van der Waals surface area contributed by atoms with Crippen LogP contribution < -0.4 is 5.56 Å². The van der Waals surface area contributed by atoms with E-state index in [0.29, 0.717) is 16.6 Å². The van der Waals surface area contributed by atoms with Crippen LogP contribution >= 0.6 is 0 Å². The zero-order chi connectivity index (χ0) is 19.0. The molecule has 0 saturated heterocycles. The van der Waals surface area contributed by atoms with Crippen molar-refractivity contribution in [2.24, 2.45) is 0 Å². The number of aryl methyl sites for hydroxylation is 2. The van der Waals surface area contributed by atoms with Crippen LogP contribution in [0.4, 0.5) is 0 Å². The molecule has 3 heterocycles. The quantitative estimate of drug-likeness (QED) is 0.590. The summed E-state index contributed by atoms with van der Waals surface area (Å²) in [7, 11) is 0. The fourth-order valence-corrected chi connectivity index (χ4v) is 3.29. The summed E-state index contributed by atoms with van der Waals surface area (Å²) in [6.45, 7) is 2.16. The zero-order valence-electron chi connectivity index (χ0n) is 14.8. The van der Waals surface area contributed by atoms with Crippen LogP contribution in [0, 0.1) is 0 Å². The van der Waals surface area contributed by atoms with Crippen LogP contribution in [0.25, 0.3) is 27.7 Å². The molecule has 0 saturated carbocycles. The molecule has 0 aliphatic rings. The van der Waals surface area contributed by atoms with Gasteiger partial charge in [0.1, 0.15) is 0 Å². The van der Waals surface area contributed by atoms with Gasteiger partial charge in [0.05, 0.1) is 23.0 Å². The van der Waals surface area contributed by atoms with Gasteiger partial charge in [0.15, 0.2) is 5.65 Å². The Balaban J connectivity index is 1.95. The van der Waals surface area contributed by atoms with E-state index in [2.05, 4.69) is 4.98 Å². The molecular formula is C20H18N4O3. The smallest absolute Gasteiger partial charge is 0.305 e. The SMILES string of the molecule is CCc1nn2c(ncc3c(=O)n(CCC(=O)O)ccc32)c1-c1ccccc1. The van der Waals surface area contributed by atoms with Crippen molar-refractivity contribution in [3.8, 4) is 11.1 Å². The maximum atomic E-state index is 12.7. The van der Waals surface area contributed by atoms with Gasteiger partial charge in [0.25, 0.3) is 5.56 Å². The molecule has 1 aromatic carbocycles. The molecule has 0 aliphatic heterocycles. The van der Waals surface area contributed by atoms with E-state index < -0.39 is 5.97 Å². The molecule has 0 amide bonds. The number of fused-ring (bicyclic) bond motifs is 3. The summed E-state index contributed by atoms with van der Waals surface area (Å²) in [5.41, 5.74) is 4.01. The predicted molar refractivity (Wildman–Crippen MR) is 102 cm³/mol. The molecule has 7 heteroatoms. The number of rotatable bonds is 5. The lowest BCUT2D eigenvalue weighted by atomic mass is 10.0. The second kappa shape index (κ2) is 6.68. The van der Waals surface area contributed by atoms with Crippen molar-refractivity contribution in [2.45, 2.75) is 26.3 Å². The first-order chi connectivity index (χ1) is 13.1. The lowest BCUT2D eigenvalue weighted by Gasteiger charge is -2.07. The van der Waals surface area contributed by atoms with Crippen LogP contribution in [0.5, 0.6) is 0 Å². The van der Waals surface area contributed by atoms with Gasteiger partial charge >= 0.3 is 5.97 Å². The van der Waals surface area contributed by atoms with Gasteiger partial charge in [-0.25, -0.2) is 9.50 Å². The molecule has 0 radical (unpaired) electrons. The van der Waals surface area contributed by atoms with E-state index in [1.807, 2.05) is 37.3 Å². The van der Waals surface area contributed by atoms with Gasteiger partial charge in [0.2, 0.25) is 0 Å². The third-order valence-corrected chi connectivity index (χ3v) is 4.62. The van der Waals surface area contributed by atoms with Crippen LogP contribution in [-0.4, -0.2) is 30.2 Å². The standard InChI is InChI=1S/C20H18N4O3/c1-2-15-18(13-6-4-3-5-7-13)19-21-12-14-16(24(19)22-15)8-10-23(20(14)27)11-9-17(25)26/h3-8,10,12H,2,9,11H2,1H3,(H,25,26). The number of aromatic nitrogens is 4. The van der Waals surface area contributed by atoms with Crippen LogP contribution in [0.3, 0.4) is 0 Å². The normalized spacial score (nSPS) is 11.3. The van der Waals surface area contributed by atoms with E-state index in [0.717, 1.165) is 23.2 Å². The van der Waals surface area contributed by atoms with Crippen molar-refractivity contribution in [3.63, 3.8) is 0 Å². The van der Waals surface area contributed by atoms with Crippen molar-refractivity contribution in [2.75, 3.05) is 0 Å². The summed E-state index contributed by atoms with van der Waals surface area (Å²) in [6.07, 6.45) is 3.80. The minimum atomic E-state index is -0.942. The molecule has 0 bridgehead atoms. The number of benzene rings is 1. The Morgan fingerprint density at radius 2 is 1.96 bits per heavy atom. The van der Waals surface area contributed by atoms with E-state index in [4.69, 9.17) is 10.2 Å². The van der Waals surface area contributed by atoms with E-state index in [-0.39, 0.29) is 18.5 Å². The topological polar surface area (TPSA) is 89.5 Å². The average Bonchev–Trinajstić information content (AvgIpc) is 3.07. The highest BCUT2D eigenvalue weighted by atomic mass is 16.4. The first kappa shape index (κ1) is 17.0. The van der Waals surface area contributed by atoms with E-state index in [9.17, 15) is 9.59 Å². The van der Waals surface area contributed by atoms with Crippen molar-refractivity contribution in [1.82, 2.24) is 19.2 Å². The third-order valence-electron chi connectivity index (χ3n) is 4.62. The minimum absolute atomic E-state index is 0.110. The zero-order valence-corrected chi connectivity index (χ0v) is 14.8. The molecule has 4 rings (SSSR count). The van der Waals surface area contributed by atoms with Crippen molar-refractivity contribution < 1.29 is 9.90 Å². The Labute approximate surface area is 154 Å². The summed E-state index contributed by atoms with van der Waals surface area (Å²) in [4.78, 5) is 28.0. The lowest BCUT2D eigenvalue weighted by molar-refractivity contribution is -0.137. The number of pyridine rings is 1. The van der Waals surface area contributed by atoms with Crippen LogP contribution in [0.2, 0.25) is 0 Å². The summed E-state index contributed by atoms with van der Waals surface area (Å²) in [6, 6.07) is 11.7. The maximum absolute atomic E-state index is 12.7. The summed E-state index contributed by atoms with van der Waals surface area (Å²) in [5.74, 6) is -0.942. The Hall–Kier alpha value is -3.48. The monoisotopic (exact) mass is 362 g/mol. The second-order valence-corrected chi connectivity index (χ2v) is 6.29. The molecule has 0 unspecified atom stereocenters. The molecule has 27 heavy (non-hydrogen) atoms. The predicted octanol–water partition coefficient (Wildman–Crippen LogP) is 2.75. The van der Waals surface area contributed by atoms with Crippen LogP contribution in [0.15, 0.2) is 53.6 Å².